The molecule has 0 amide bonds. The van der Waals surface area contributed by atoms with Crippen LogP contribution in [0.5, 0.6) is 5.75 Å². The van der Waals surface area contributed by atoms with E-state index in [4.69, 9.17) is 9.47 Å². The van der Waals surface area contributed by atoms with Crippen molar-refractivity contribution in [2.24, 2.45) is 12.0 Å². The van der Waals surface area contributed by atoms with Gasteiger partial charge in [-0.25, -0.2) is 9.79 Å². The number of benzene rings is 1. The number of aryl methyl sites for hydroxylation is 2. The van der Waals surface area contributed by atoms with Gasteiger partial charge in [-0.1, -0.05) is 6.07 Å². The molecule has 1 aromatic carbocycles. The van der Waals surface area contributed by atoms with Crippen LogP contribution in [0, 0.1) is 13.8 Å². The number of esters is 1. The molecule has 0 bridgehead atoms. The lowest BCUT2D eigenvalue weighted by molar-refractivity contribution is 0.0597. The predicted octanol–water partition coefficient (Wildman–Crippen LogP) is 3.14. The van der Waals surface area contributed by atoms with Crippen molar-refractivity contribution in [3.63, 3.8) is 0 Å². The van der Waals surface area contributed by atoms with Crippen LogP contribution in [-0.4, -0.2) is 48.5 Å². The van der Waals surface area contributed by atoms with E-state index >= 15 is 0 Å². The van der Waals surface area contributed by atoms with Gasteiger partial charge in [-0.05, 0) is 57.4 Å². The predicted molar refractivity (Wildman–Crippen MR) is 134 cm³/mol. The maximum Gasteiger partial charge on any atom is 0.341 e. The zero-order chi connectivity index (χ0) is 22.3. The molecule has 8 nitrogen and oxygen atoms in total. The fraction of sp³-hybridized carbons (Fsp3) is 0.500. The summed E-state index contributed by atoms with van der Waals surface area (Å²) in [7, 11) is 4.85. The number of carbonyl (C=O) groups excluding carboxylic acids is 1. The highest BCUT2D eigenvalue weighted by atomic mass is 127. The third-order valence-electron chi connectivity index (χ3n) is 4.99. The molecule has 172 valence electrons. The quantitative estimate of drug-likeness (QED) is 0.230. The molecule has 2 N–H and O–H groups in total. The van der Waals surface area contributed by atoms with Gasteiger partial charge in [0.25, 0.3) is 0 Å². The van der Waals surface area contributed by atoms with Crippen LogP contribution in [0.3, 0.4) is 0 Å². The molecule has 0 spiro atoms. The second-order valence-electron chi connectivity index (χ2n) is 7.24. The van der Waals surface area contributed by atoms with Crippen molar-refractivity contribution in [3.05, 3.63) is 46.3 Å². The van der Waals surface area contributed by atoms with Gasteiger partial charge in [0.2, 0.25) is 0 Å². The number of ether oxygens (including phenoxy) is 2. The maximum absolute atomic E-state index is 12.0. The first-order chi connectivity index (χ1) is 14.3. The highest BCUT2D eigenvalue weighted by Crippen LogP contribution is 2.21. The third kappa shape index (κ3) is 7.12. The number of aromatic nitrogens is 2. The summed E-state index contributed by atoms with van der Waals surface area (Å²) in [6.07, 6.45) is 0.852. The van der Waals surface area contributed by atoms with Crippen LogP contribution < -0.4 is 15.4 Å². The molecular weight excluding hydrogens is 509 g/mol. The van der Waals surface area contributed by atoms with Gasteiger partial charge in [0.1, 0.15) is 11.3 Å². The van der Waals surface area contributed by atoms with E-state index in [-0.39, 0.29) is 30.0 Å². The van der Waals surface area contributed by atoms with Crippen LogP contribution in [0.1, 0.15) is 46.7 Å². The van der Waals surface area contributed by atoms with E-state index in [0.29, 0.717) is 17.9 Å². The van der Waals surface area contributed by atoms with Crippen LogP contribution in [-0.2, 0) is 24.8 Å². The number of rotatable bonds is 8. The molecule has 0 aliphatic rings. The lowest BCUT2D eigenvalue weighted by atomic mass is 10.1. The molecule has 0 radical (unpaired) electrons. The maximum atomic E-state index is 12.0. The Hall–Kier alpha value is -2.30. The number of halogens is 1. The minimum absolute atomic E-state index is 0. The first-order valence-corrected chi connectivity index (χ1v) is 10.1. The Balaban J connectivity index is 0.00000480. The van der Waals surface area contributed by atoms with Crippen molar-refractivity contribution >= 4 is 35.9 Å². The monoisotopic (exact) mass is 543 g/mol. The van der Waals surface area contributed by atoms with Crippen LogP contribution in [0.2, 0.25) is 0 Å². The Kier molecular flexibility index (Phi) is 10.8. The van der Waals surface area contributed by atoms with Crippen molar-refractivity contribution in [1.29, 1.82) is 0 Å². The van der Waals surface area contributed by atoms with Gasteiger partial charge in [-0.3, -0.25) is 4.68 Å². The number of methoxy groups -OCH3 is 2. The number of aliphatic imine (C=N–C) groups is 1. The zero-order valence-corrected chi connectivity index (χ0v) is 21.7. The van der Waals surface area contributed by atoms with E-state index < -0.39 is 5.97 Å². The van der Waals surface area contributed by atoms with Crippen LogP contribution in [0.15, 0.2) is 23.2 Å². The molecule has 0 saturated heterocycles. The van der Waals surface area contributed by atoms with E-state index in [0.717, 1.165) is 30.2 Å². The normalized spacial score (nSPS) is 12.0. The van der Waals surface area contributed by atoms with Crippen molar-refractivity contribution < 1.29 is 14.3 Å². The molecule has 0 fully saturated rings. The zero-order valence-electron chi connectivity index (χ0n) is 19.4. The molecule has 2 rings (SSSR count). The first kappa shape index (κ1) is 26.7. The highest BCUT2D eigenvalue weighted by molar-refractivity contribution is 14.0. The minimum Gasteiger partial charge on any atom is -0.496 e. The fourth-order valence-electron chi connectivity index (χ4n) is 3.32. The minimum atomic E-state index is -0.432. The van der Waals surface area contributed by atoms with E-state index in [2.05, 4.69) is 34.6 Å². The second-order valence-corrected chi connectivity index (χ2v) is 7.24. The van der Waals surface area contributed by atoms with Crippen LogP contribution in [0.25, 0.3) is 0 Å². The smallest absolute Gasteiger partial charge is 0.341 e. The highest BCUT2D eigenvalue weighted by Gasteiger charge is 2.15. The van der Waals surface area contributed by atoms with Gasteiger partial charge in [0, 0.05) is 25.3 Å². The van der Waals surface area contributed by atoms with Gasteiger partial charge in [-0.15, -0.1) is 24.0 Å². The van der Waals surface area contributed by atoms with Gasteiger partial charge in [-0.2, -0.15) is 5.10 Å². The summed E-state index contributed by atoms with van der Waals surface area (Å²) < 4.78 is 12.0. The van der Waals surface area contributed by atoms with Gasteiger partial charge in [0.05, 0.1) is 26.5 Å². The summed E-state index contributed by atoms with van der Waals surface area (Å²) in [5.74, 6) is 0.772. The largest absolute Gasteiger partial charge is 0.496 e. The fourth-order valence-corrected chi connectivity index (χ4v) is 3.32. The van der Waals surface area contributed by atoms with Gasteiger partial charge >= 0.3 is 5.97 Å². The number of carbonyl (C=O) groups is 1. The summed E-state index contributed by atoms with van der Waals surface area (Å²) in [4.78, 5) is 16.7. The molecule has 1 aromatic heterocycles. The van der Waals surface area contributed by atoms with Gasteiger partial charge in [0.15, 0.2) is 5.96 Å². The molecule has 0 aliphatic carbocycles. The number of nitrogens with zero attached hydrogens (tertiary/aromatic N) is 3. The summed E-state index contributed by atoms with van der Waals surface area (Å²) in [6.45, 7) is 9.45. The molecule has 1 heterocycles. The summed E-state index contributed by atoms with van der Waals surface area (Å²) >= 11 is 0. The lowest BCUT2D eigenvalue weighted by Gasteiger charge is -2.18. The third-order valence-corrected chi connectivity index (χ3v) is 4.99. The Labute approximate surface area is 201 Å². The SMILES string of the molecule is CCNC(=NCc1ccc(OC)c(C(=O)OC)c1)NC(C)Cc1c(C)nn(C)c1C.I. The van der Waals surface area contributed by atoms with Crippen molar-refractivity contribution in [2.45, 2.75) is 46.7 Å². The molecule has 0 saturated carbocycles. The molecular formula is C22H34IN5O3. The topological polar surface area (TPSA) is 89.8 Å². The molecule has 0 aliphatic heterocycles. The van der Waals surface area contributed by atoms with Gasteiger partial charge < -0.3 is 20.1 Å². The molecule has 2 aromatic rings. The van der Waals surface area contributed by atoms with Crippen LogP contribution >= 0.6 is 24.0 Å². The molecule has 9 heteroatoms. The molecule has 31 heavy (non-hydrogen) atoms. The standard InChI is InChI=1S/C22H33N5O3.HI/c1-8-23-22(25-14(2)11-18-15(3)26-27(5)16(18)4)24-13-17-9-10-20(29-6)19(12-17)21(28)30-7;/h9-10,12,14H,8,11,13H2,1-7H3,(H2,23,24,25);1H. The average molecular weight is 543 g/mol. The Morgan fingerprint density at radius 1 is 1.29 bits per heavy atom. The number of guanidine groups is 1. The molecule has 1 atom stereocenters. The molecule has 1 unspecified atom stereocenters. The summed E-state index contributed by atoms with van der Waals surface area (Å²) in [6, 6.07) is 5.58. The van der Waals surface area contributed by atoms with E-state index in [1.807, 2.05) is 31.6 Å². The lowest BCUT2D eigenvalue weighted by Crippen LogP contribution is -2.43. The summed E-state index contributed by atoms with van der Waals surface area (Å²) in [5, 5.41) is 11.2. The Morgan fingerprint density at radius 2 is 2.00 bits per heavy atom. The summed E-state index contributed by atoms with van der Waals surface area (Å²) in [5.41, 5.74) is 4.77. The number of nitrogens with one attached hydrogen (secondary N) is 2. The van der Waals surface area contributed by atoms with E-state index in [1.54, 1.807) is 12.1 Å². The Morgan fingerprint density at radius 3 is 2.55 bits per heavy atom. The van der Waals surface area contributed by atoms with Crippen molar-refractivity contribution in [3.8, 4) is 5.75 Å². The average Bonchev–Trinajstić information content (AvgIpc) is 2.97. The second kappa shape index (κ2) is 12.5. The van der Waals surface area contributed by atoms with E-state index in [1.165, 1.54) is 25.5 Å². The van der Waals surface area contributed by atoms with E-state index in [9.17, 15) is 4.79 Å². The number of hydrogen-bond donors (Lipinski definition) is 2. The first-order valence-electron chi connectivity index (χ1n) is 10.1. The number of hydrogen-bond acceptors (Lipinski definition) is 5. The Bertz CT molecular complexity index is 911. The van der Waals surface area contributed by atoms with Crippen molar-refractivity contribution in [2.75, 3.05) is 20.8 Å². The van der Waals surface area contributed by atoms with Crippen molar-refractivity contribution in [1.82, 2.24) is 20.4 Å². The van der Waals surface area contributed by atoms with Crippen LogP contribution in [0.4, 0.5) is 0 Å².